The molecule has 0 aromatic rings. The number of halogens is 1. The SMILES string of the molecule is O=S=C1C(O)=C(O)C=CC1/C=C/C(=O)Cl. The molecule has 1 aliphatic carbocycles. The van der Waals surface area contributed by atoms with Gasteiger partial charge in [0.15, 0.2) is 11.5 Å². The van der Waals surface area contributed by atoms with Crippen LogP contribution in [0.2, 0.25) is 0 Å². The van der Waals surface area contributed by atoms with E-state index in [0.29, 0.717) is 0 Å². The molecule has 0 aromatic carbocycles. The van der Waals surface area contributed by atoms with Crippen LogP contribution in [0.1, 0.15) is 0 Å². The largest absolute Gasteiger partial charge is 0.504 e. The van der Waals surface area contributed by atoms with E-state index in [9.17, 15) is 14.1 Å². The van der Waals surface area contributed by atoms with E-state index in [1.165, 1.54) is 18.2 Å². The van der Waals surface area contributed by atoms with Gasteiger partial charge in [0.1, 0.15) is 4.86 Å². The Balaban J connectivity index is 3.02. The number of carbonyl (C=O) groups excluding carboxylic acids is 1. The molecule has 1 unspecified atom stereocenters. The number of rotatable bonds is 2. The molecule has 0 amide bonds. The molecule has 0 aliphatic heterocycles. The van der Waals surface area contributed by atoms with Crippen LogP contribution in [0.5, 0.6) is 0 Å². The second-order valence-electron chi connectivity index (χ2n) is 2.73. The van der Waals surface area contributed by atoms with Gasteiger partial charge in [0.2, 0.25) is 5.24 Å². The summed E-state index contributed by atoms with van der Waals surface area (Å²) in [6.45, 7) is 0. The fourth-order valence-corrected chi connectivity index (χ4v) is 1.60. The lowest BCUT2D eigenvalue weighted by Gasteiger charge is -2.13. The fraction of sp³-hybridized carbons (Fsp3) is 0.111. The maximum absolute atomic E-state index is 10.7. The Morgan fingerprint density at radius 3 is 2.73 bits per heavy atom. The lowest BCUT2D eigenvalue weighted by molar-refractivity contribution is -0.107. The number of aliphatic hydroxyl groups is 2. The minimum atomic E-state index is -0.670. The molecule has 0 radical (unpaired) electrons. The van der Waals surface area contributed by atoms with Crippen LogP contribution < -0.4 is 0 Å². The van der Waals surface area contributed by atoms with Crippen molar-refractivity contribution in [2.24, 2.45) is 5.92 Å². The summed E-state index contributed by atoms with van der Waals surface area (Å²) in [6.07, 6.45) is 5.19. The summed E-state index contributed by atoms with van der Waals surface area (Å²) in [4.78, 5) is 10.5. The van der Waals surface area contributed by atoms with Gasteiger partial charge in [0.05, 0.1) is 11.3 Å². The Morgan fingerprint density at radius 1 is 1.53 bits per heavy atom. The molecule has 2 N–H and O–H groups in total. The van der Waals surface area contributed by atoms with Gasteiger partial charge < -0.3 is 10.2 Å². The smallest absolute Gasteiger partial charge is 0.244 e. The molecule has 4 nitrogen and oxygen atoms in total. The van der Waals surface area contributed by atoms with Gasteiger partial charge in [-0.3, -0.25) is 4.79 Å². The summed E-state index contributed by atoms with van der Waals surface area (Å²) in [5.74, 6) is -1.37. The summed E-state index contributed by atoms with van der Waals surface area (Å²) < 4.78 is 10.7. The van der Waals surface area contributed by atoms with Crippen LogP contribution in [0, 0.1) is 5.92 Å². The summed E-state index contributed by atoms with van der Waals surface area (Å²) >= 11 is 5.14. The monoisotopic (exact) mass is 246 g/mol. The molecule has 0 spiro atoms. The molecule has 1 atom stereocenters. The van der Waals surface area contributed by atoms with Crippen molar-refractivity contribution >= 4 is 33.0 Å². The Morgan fingerprint density at radius 2 is 2.20 bits per heavy atom. The first-order valence-corrected chi connectivity index (χ1v) is 5.03. The highest BCUT2D eigenvalue weighted by molar-refractivity contribution is 7.67. The summed E-state index contributed by atoms with van der Waals surface area (Å²) in [7, 11) is 0. The van der Waals surface area contributed by atoms with E-state index in [1.807, 2.05) is 0 Å². The number of aliphatic hydroxyl groups excluding tert-OH is 2. The summed E-state index contributed by atoms with van der Waals surface area (Å²) in [5, 5.41) is 17.8. The summed E-state index contributed by atoms with van der Waals surface area (Å²) in [6, 6.07) is 0. The zero-order valence-corrected chi connectivity index (χ0v) is 8.96. The molecule has 15 heavy (non-hydrogen) atoms. The van der Waals surface area contributed by atoms with Crippen LogP contribution in [-0.2, 0) is 16.1 Å². The maximum atomic E-state index is 10.7. The minimum Gasteiger partial charge on any atom is -0.504 e. The third kappa shape index (κ3) is 2.81. The zero-order chi connectivity index (χ0) is 11.4. The molecule has 0 saturated heterocycles. The predicted octanol–water partition coefficient (Wildman–Crippen LogP) is 1.21. The van der Waals surface area contributed by atoms with Gasteiger partial charge in [-0.2, -0.15) is 0 Å². The Bertz CT molecular complexity index is 427. The third-order valence-corrected chi connectivity index (χ3v) is 2.54. The van der Waals surface area contributed by atoms with Crippen LogP contribution in [-0.4, -0.2) is 24.5 Å². The normalized spacial score (nSPS) is 21.1. The topological polar surface area (TPSA) is 74.6 Å². The lowest BCUT2D eigenvalue weighted by Crippen LogP contribution is -2.18. The van der Waals surface area contributed by atoms with E-state index >= 15 is 0 Å². The van der Waals surface area contributed by atoms with Crippen molar-refractivity contribution in [1.82, 2.24) is 0 Å². The van der Waals surface area contributed by atoms with Gasteiger partial charge in [0, 0.05) is 5.92 Å². The van der Waals surface area contributed by atoms with E-state index < -0.39 is 16.9 Å². The molecule has 0 fully saturated rings. The van der Waals surface area contributed by atoms with Gasteiger partial charge in [0.25, 0.3) is 0 Å². The van der Waals surface area contributed by atoms with Gasteiger partial charge in [-0.1, -0.05) is 12.2 Å². The quantitative estimate of drug-likeness (QED) is 0.436. The number of allylic oxidation sites excluding steroid dienone is 5. The fourth-order valence-electron chi connectivity index (χ4n) is 1.07. The highest BCUT2D eigenvalue weighted by atomic mass is 35.5. The first kappa shape index (κ1) is 11.7. The lowest BCUT2D eigenvalue weighted by atomic mass is 9.98. The van der Waals surface area contributed by atoms with E-state index in [-0.39, 0.29) is 21.9 Å². The zero-order valence-electron chi connectivity index (χ0n) is 7.38. The first-order chi connectivity index (χ1) is 7.06. The van der Waals surface area contributed by atoms with Crippen molar-refractivity contribution in [2.45, 2.75) is 0 Å². The summed E-state index contributed by atoms with van der Waals surface area (Å²) in [5.41, 5.74) is 0. The van der Waals surface area contributed by atoms with E-state index in [1.54, 1.807) is 0 Å². The number of hydrogen-bond donors (Lipinski definition) is 2. The molecule has 1 aliphatic rings. The highest BCUT2D eigenvalue weighted by Crippen LogP contribution is 2.18. The molecular formula is C9H7ClO4S. The van der Waals surface area contributed by atoms with Crippen LogP contribution in [0.4, 0.5) is 0 Å². The minimum absolute atomic E-state index is 0.0316. The Hall–Kier alpha value is -1.33. The Kier molecular flexibility index (Phi) is 3.88. The van der Waals surface area contributed by atoms with E-state index in [4.69, 9.17) is 16.7 Å². The van der Waals surface area contributed by atoms with Crippen LogP contribution in [0.25, 0.3) is 0 Å². The molecule has 0 heterocycles. The third-order valence-electron chi connectivity index (χ3n) is 1.76. The van der Waals surface area contributed by atoms with Crippen LogP contribution in [0.15, 0.2) is 35.8 Å². The van der Waals surface area contributed by atoms with Crippen molar-refractivity contribution in [1.29, 1.82) is 0 Å². The first-order valence-electron chi connectivity index (χ1n) is 3.91. The highest BCUT2D eigenvalue weighted by Gasteiger charge is 2.21. The maximum Gasteiger partial charge on any atom is 0.244 e. The number of carbonyl (C=O) groups is 1. The molecular weight excluding hydrogens is 240 g/mol. The van der Waals surface area contributed by atoms with Crippen LogP contribution >= 0.6 is 11.6 Å². The van der Waals surface area contributed by atoms with Crippen LogP contribution in [0.3, 0.4) is 0 Å². The van der Waals surface area contributed by atoms with Crippen molar-refractivity contribution in [3.63, 3.8) is 0 Å². The van der Waals surface area contributed by atoms with Gasteiger partial charge in [-0.05, 0) is 23.8 Å². The average molecular weight is 247 g/mol. The average Bonchev–Trinajstić information content (AvgIpc) is 2.19. The Labute approximate surface area is 94.2 Å². The molecule has 0 aromatic heterocycles. The van der Waals surface area contributed by atoms with Crippen molar-refractivity contribution in [3.8, 4) is 0 Å². The molecule has 6 heteroatoms. The second-order valence-corrected chi connectivity index (χ2v) is 3.71. The van der Waals surface area contributed by atoms with Gasteiger partial charge in [-0.25, -0.2) is 4.21 Å². The molecule has 0 saturated carbocycles. The van der Waals surface area contributed by atoms with Gasteiger partial charge >= 0.3 is 0 Å². The predicted molar refractivity (Wildman–Crippen MR) is 58.1 cm³/mol. The number of hydrogen-bond acceptors (Lipinski definition) is 4. The second kappa shape index (κ2) is 4.95. The van der Waals surface area contributed by atoms with Crippen molar-refractivity contribution in [2.75, 3.05) is 0 Å². The van der Waals surface area contributed by atoms with Crippen molar-refractivity contribution < 1.29 is 19.2 Å². The molecule has 1 rings (SSSR count). The molecule has 0 bridgehead atoms. The standard InChI is InChI=1S/C9H7ClO4S/c10-7(12)4-2-5-1-3-6(11)8(13)9(5)15-14/h1-5,11,13H/b4-2+. The van der Waals surface area contributed by atoms with E-state index in [2.05, 4.69) is 0 Å². The van der Waals surface area contributed by atoms with Crippen molar-refractivity contribution in [3.05, 3.63) is 35.8 Å². The van der Waals surface area contributed by atoms with E-state index in [0.717, 1.165) is 6.08 Å². The van der Waals surface area contributed by atoms with Gasteiger partial charge in [-0.15, -0.1) is 0 Å². The molecule has 80 valence electrons.